The number of aliphatic hydroxyl groups is 1. The lowest BCUT2D eigenvalue weighted by molar-refractivity contribution is -0.0636. The lowest BCUT2D eigenvalue weighted by Gasteiger charge is -2.42. The summed E-state index contributed by atoms with van der Waals surface area (Å²) in [4.78, 5) is 0. The number of nitrogens with one attached hydrogen (secondary N) is 1. The average molecular weight is 212 g/mol. The third-order valence-electron chi connectivity index (χ3n) is 4.80. The minimum atomic E-state index is -0.536. The summed E-state index contributed by atoms with van der Waals surface area (Å²) >= 11 is 0. The van der Waals surface area contributed by atoms with E-state index >= 15 is 0 Å². The van der Waals surface area contributed by atoms with Gasteiger partial charge in [-0.1, -0.05) is 13.3 Å². The molecule has 1 saturated carbocycles. The van der Waals surface area contributed by atoms with Crippen LogP contribution in [0.15, 0.2) is 0 Å². The molecule has 2 rings (SSSR count). The third-order valence-corrected chi connectivity index (χ3v) is 4.80. The molecule has 0 aromatic heterocycles. The lowest BCUT2D eigenvalue weighted by Crippen LogP contribution is -2.52. The monoisotopic (exact) mass is 212 g/mol. The SMILES string of the molecule is CCC1CCC(CN)(C2(O)CCNC2)C1. The molecule has 3 atom stereocenters. The number of β-amino-alcohol motifs (C(OH)–C–C–N with tert-alkyl or cyclic N) is 1. The summed E-state index contributed by atoms with van der Waals surface area (Å²) in [5, 5.41) is 14.0. The molecule has 0 amide bonds. The van der Waals surface area contributed by atoms with Gasteiger partial charge in [0.1, 0.15) is 0 Å². The van der Waals surface area contributed by atoms with Gasteiger partial charge in [0, 0.05) is 18.5 Å². The zero-order chi connectivity index (χ0) is 10.9. The van der Waals surface area contributed by atoms with E-state index in [4.69, 9.17) is 5.73 Å². The molecule has 0 bridgehead atoms. The highest BCUT2D eigenvalue weighted by Gasteiger charge is 2.53. The van der Waals surface area contributed by atoms with Crippen LogP contribution in [0, 0.1) is 11.3 Å². The Labute approximate surface area is 92.4 Å². The zero-order valence-electron chi connectivity index (χ0n) is 9.76. The minimum absolute atomic E-state index is 0.00280. The number of nitrogens with two attached hydrogens (primary N) is 1. The summed E-state index contributed by atoms with van der Waals surface area (Å²) in [6.07, 6.45) is 5.58. The molecule has 0 aromatic carbocycles. The van der Waals surface area contributed by atoms with E-state index in [2.05, 4.69) is 12.2 Å². The van der Waals surface area contributed by atoms with Crippen LogP contribution in [-0.2, 0) is 0 Å². The van der Waals surface area contributed by atoms with E-state index < -0.39 is 5.60 Å². The Bertz CT molecular complexity index is 226. The van der Waals surface area contributed by atoms with E-state index in [1.54, 1.807) is 0 Å². The van der Waals surface area contributed by atoms with Crippen molar-refractivity contribution < 1.29 is 5.11 Å². The summed E-state index contributed by atoms with van der Waals surface area (Å²) in [5.41, 5.74) is 5.42. The fourth-order valence-corrected chi connectivity index (χ4v) is 3.52. The van der Waals surface area contributed by atoms with E-state index in [1.807, 2.05) is 0 Å². The number of rotatable bonds is 3. The Kier molecular flexibility index (Phi) is 3.06. The van der Waals surface area contributed by atoms with Gasteiger partial charge in [0.25, 0.3) is 0 Å². The smallest absolute Gasteiger partial charge is 0.0851 e. The van der Waals surface area contributed by atoms with Crippen LogP contribution in [0.25, 0.3) is 0 Å². The first-order chi connectivity index (χ1) is 7.16. The fourth-order valence-electron chi connectivity index (χ4n) is 3.52. The summed E-state index contributed by atoms with van der Waals surface area (Å²) in [7, 11) is 0. The number of hydrogen-bond acceptors (Lipinski definition) is 3. The Hall–Kier alpha value is -0.120. The van der Waals surface area contributed by atoms with Crippen molar-refractivity contribution in [3.63, 3.8) is 0 Å². The van der Waals surface area contributed by atoms with Gasteiger partial charge in [0.15, 0.2) is 0 Å². The molecule has 15 heavy (non-hydrogen) atoms. The topological polar surface area (TPSA) is 58.3 Å². The zero-order valence-corrected chi connectivity index (χ0v) is 9.76. The Morgan fingerprint density at radius 2 is 2.27 bits per heavy atom. The van der Waals surface area contributed by atoms with Gasteiger partial charge in [-0.15, -0.1) is 0 Å². The van der Waals surface area contributed by atoms with E-state index in [9.17, 15) is 5.11 Å². The quantitative estimate of drug-likeness (QED) is 0.650. The second-order valence-electron chi connectivity index (χ2n) is 5.46. The highest BCUT2D eigenvalue weighted by molar-refractivity contribution is 5.07. The Morgan fingerprint density at radius 3 is 2.73 bits per heavy atom. The Morgan fingerprint density at radius 1 is 1.47 bits per heavy atom. The van der Waals surface area contributed by atoms with Crippen molar-refractivity contribution in [3.8, 4) is 0 Å². The molecule has 4 N–H and O–H groups in total. The molecule has 1 aliphatic carbocycles. The summed E-state index contributed by atoms with van der Waals surface area (Å²) in [6.45, 7) is 4.56. The van der Waals surface area contributed by atoms with E-state index in [1.165, 1.54) is 12.8 Å². The average Bonchev–Trinajstić information content (AvgIpc) is 2.85. The van der Waals surface area contributed by atoms with Crippen molar-refractivity contribution in [2.45, 2.75) is 44.6 Å². The van der Waals surface area contributed by atoms with Crippen LogP contribution in [0.3, 0.4) is 0 Å². The molecule has 3 unspecified atom stereocenters. The summed E-state index contributed by atoms with van der Waals surface area (Å²) in [6, 6.07) is 0. The first kappa shape index (κ1) is 11.4. The molecule has 2 aliphatic rings. The molecule has 1 heterocycles. The van der Waals surface area contributed by atoms with Crippen LogP contribution in [0.4, 0.5) is 0 Å². The largest absolute Gasteiger partial charge is 0.388 e. The number of hydrogen-bond donors (Lipinski definition) is 3. The van der Waals surface area contributed by atoms with Crippen LogP contribution in [-0.4, -0.2) is 30.3 Å². The van der Waals surface area contributed by atoms with Gasteiger partial charge >= 0.3 is 0 Å². The molecule has 3 heteroatoms. The third kappa shape index (κ3) is 1.71. The molecule has 3 nitrogen and oxygen atoms in total. The highest BCUT2D eigenvalue weighted by Crippen LogP contribution is 2.51. The van der Waals surface area contributed by atoms with Gasteiger partial charge in [-0.3, -0.25) is 0 Å². The van der Waals surface area contributed by atoms with Crippen molar-refractivity contribution in [3.05, 3.63) is 0 Å². The second kappa shape index (κ2) is 4.04. The molecule has 88 valence electrons. The first-order valence-electron chi connectivity index (χ1n) is 6.29. The highest BCUT2D eigenvalue weighted by atomic mass is 16.3. The van der Waals surface area contributed by atoms with Crippen LogP contribution in [0.1, 0.15) is 39.0 Å². The van der Waals surface area contributed by atoms with Gasteiger partial charge in [-0.05, 0) is 38.1 Å². The summed E-state index contributed by atoms with van der Waals surface area (Å²) in [5.74, 6) is 0.776. The van der Waals surface area contributed by atoms with Crippen LogP contribution in [0.5, 0.6) is 0 Å². The second-order valence-corrected chi connectivity index (χ2v) is 5.46. The molecule has 1 aliphatic heterocycles. The predicted octanol–water partition coefficient (Wildman–Crippen LogP) is 0.866. The molecule has 2 fully saturated rings. The maximum absolute atomic E-state index is 10.7. The molecule has 0 spiro atoms. The molecule has 0 radical (unpaired) electrons. The maximum Gasteiger partial charge on any atom is 0.0851 e. The molecule has 0 aromatic rings. The van der Waals surface area contributed by atoms with Crippen LogP contribution >= 0.6 is 0 Å². The molecule has 1 saturated heterocycles. The van der Waals surface area contributed by atoms with E-state index in [-0.39, 0.29) is 5.41 Å². The predicted molar refractivity (Wildman–Crippen MR) is 61.6 cm³/mol. The fraction of sp³-hybridized carbons (Fsp3) is 1.00. The Balaban J connectivity index is 2.15. The van der Waals surface area contributed by atoms with Gasteiger partial charge < -0.3 is 16.2 Å². The van der Waals surface area contributed by atoms with Crippen LogP contribution < -0.4 is 11.1 Å². The minimum Gasteiger partial charge on any atom is -0.388 e. The summed E-state index contributed by atoms with van der Waals surface area (Å²) < 4.78 is 0. The van der Waals surface area contributed by atoms with Crippen LogP contribution in [0.2, 0.25) is 0 Å². The van der Waals surface area contributed by atoms with Crippen molar-refractivity contribution in [1.82, 2.24) is 5.32 Å². The normalized spacial score (nSPS) is 46.2. The van der Waals surface area contributed by atoms with Crippen molar-refractivity contribution >= 4 is 0 Å². The standard InChI is InChI=1S/C12H24N2O/c1-2-10-3-4-11(7-10,8-13)12(15)5-6-14-9-12/h10,14-15H,2-9,13H2,1H3. The van der Waals surface area contributed by atoms with Crippen molar-refractivity contribution in [1.29, 1.82) is 0 Å². The van der Waals surface area contributed by atoms with Gasteiger partial charge in [-0.2, -0.15) is 0 Å². The van der Waals surface area contributed by atoms with Gasteiger partial charge in [-0.25, -0.2) is 0 Å². The van der Waals surface area contributed by atoms with Crippen molar-refractivity contribution in [2.75, 3.05) is 19.6 Å². The molecular weight excluding hydrogens is 188 g/mol. The van der Waals surface area contributed by atoms with Gasteiger partial charge in [0.05, 0.1) is 5.60 Å². The van der Waals surface area contributed by atoms with E-state index in [0.717, 1.165) is 38.3 Å². The van der Waals surface area contributed by atoms with E-state index in [0.29, 0.717) is 6.54 Å². The molecular formula is C12H24N2O. The van der Waals surface area contributed by atoms with Gasteiger partial charge in [0.2, 0.25) is 0 Å². The maximum atomic E-state index is 10.7. The lowest BCUT2D eigenvalue weighted by atomic mass is 9.69. The first-order valence-corrected chi connectivity index (χ1v) is 6.29. The van der Waals surface area contributed by atoms with Crippen molar-refractivity contribution in [2.24, 2.45) is 17.1 Å².